The number of aromatic hydroxyl groups is 2. The lowest BCUT2D eigenvalue weighted by Crippen LogP contribution is -2.57. The number of rotatable bonds is 19. The molecular weight excluding hydrogens is 835 g/mol. The van der Waals surface area contributed by atoms with Crippen molar-refractivity contribution in [3.05, 3.63) is 82.9 Å². The highest BCUT2D eigenvalue weighted by molar-refractivity contribution is 5.99. The molecule has 9 N–H and O–H groups in total. The van der Waals surface area contributed by atoms with Gasteiger partial charge in [-0.05, 0) is 119 Å². The first-order chi connectivity index (χ1) is 30.9. The van der Waals surface area contributed by atoms with E-state index in [1.165, 1.54) is 59.1 Å². The fourth-order valence-electron chi connectivity index (χ4n) is 7.69. The van der Waals surface area contributed by atoms with E-state index in [9.17, 15) is 48.9 Å². The molecule has 0 radical (unpaired) electrons. The number of aliphatic hydroxyl groups excluding tert-OH is 1. The topological polar surface area (TPSA) is 261 Å². The van der Waals surface area contributed by atoms with Crippen LogP contribution in [-0.2, 0) is 41.6 Å². The Hall–Kier alpha value is -6.33. The van der Waals surface area contributed by atoms with E-state index < -0.39 is 78.3 Å². The van der Waals surface area contributed by atoms with Gasteiger partial charge >= 0.3 is 0 Å². The number of aliphatic hydroxyl groups is 1. The number of likely N-dealkylation sites (N-methyl/N-ethyl adjacent to an activating group) is 2. The van der Waals surface area contributed by atoms with Crippen molar-refractivity contribution in [2.75, 3.05) is 27.2 Å². The highest BCUT2D eigenvalue weighted by atomic mass is 16.3. The largest absolute Gasteiger partial charge is 0.507 e. The van der Waals surface area contributed by atoms with Gasteiger partial charge in [-0.1, -0.05) is 50.5 Å². The Morgan fingerprint density at radius 3 is 2.12 bits per heavy atom. The molecule has 6 atom stereocenters. The number of ketones is 1. The van der Waals surface area contributed by atoms with E-state index in [1.54, 1.807) is 24.3 Å². The van der Waals surface area contributed by atoms with Crippen LogP contribution >= 0.6 is 0 Å². The van der Waals surface area contributed by atoms with Gasteiger partial charge in [-0.25, -0.2) is 0 Å². The Labute approximate surface area is 380 Å². The second-order valence-electron chi connectivity index (χ2n) is 16.8. The van der Waals surface area contributed by atoms with Crippen LogP contribution in [0.2, 0.25) is 0 Å². The number of phenolic OH excluding ortho intramolecular Hbond substituents is 2. The lowest BCUT2D eigenvalue weighted by molar-refractivity contribution is -0.143. The van der Waals surface area contributed by atoms with Crippen molar-refractivity contribution in [2.45, 2.75) is 122 Å². The van der Waals surface area contributed by atoms with Gasteiger partial charge in [0.05, 0.1) is 12.6 Å². The van der Waals surface area contributed by atoms with E-state index in [2.05, 4.69) is 28.2 Å². The summed E-state index contributed by atoms with van der Waals surface area (Å²) >= 11 is 0. The first kappa shape index (κ1) is 51.3. The molecule has 17 heteroatoms. The summed E-state index contributed by atoms with van der Waals surface area (Å²) in [7, 11) is 2.71. The summed E-state index contributed by atoms with van der Waals surface area (Å²) in [5.74, 6) is -5.14. The molecule has 65 heavy (non-hydrogen) atoms. The zero-order valence-electron chi connectivity index (χ0n) is 38.2. The van der Waals surface area contributed by atoms with Crippen molar-refractivity contribution >= 4 is 41.2 Å². The minimum Gasteiger partial charge on any atom is -0.507 e. The number of unbranched alkanes of at least 4 members (excludes halogenated alkanes) is 4. The van der Waals surface area contributed by atoms with Crippen molar-refractivity contribution < 1.29 is 48.9 Å². The van der Waals surface area contributed by atoms with E-state index in [-0.39, 0.29) is 53.4 Å². The van der Waals surface area contributed by atoms with E-state index in [0.717, 1.165) is 47.5 Å². The third-order valence-electron chi connectivity index (χ3n) is 11.8. The molecular formula is C48H65N7O10. The SMILES string of the molecule is CCCCCCc1ccc(C(=O)N(C)[C@H](CO)C(=O)N[C@H](C)C(=O)N[C@@H](CCCCN)C(=O)N(C)[C@@H]2C(=O)N[C@@H](C)C(=O)N[C@H](C(C)=O)Cc3ccc(O)c(c3)-c3cc2ccc3O)cc1. The summed E-state index contributed by atoms with van der Waals surface area (Å²) in [6.07, 6.45) is 6.30. The number of nitrogens with two attached hydrogens (primary N) is 1. The molecule has 0 aliphatic carbocycles. The van der Waals surface area contributed by atoms with E-state index in [0.29, 0.717) is 24.0 Å². The lowest BCUT2D eigenvalue weighted by atomic mass is 9.93. The monoisotopic (exact) mass is 899 g/mol. The molecule has 0 fully saturated rings. The number of fused-ring (bicyclic) bond motifs is 5. The number of nitrogens with one attached hydrogen (secondary N) is 4. The molecule has 4 bridgehead atoms. The van der Waals surface area contributed by atoms with Crippen molar-refractivity contribution in [3.8, 4) is 22.6 Å². The predicted octanol–water partition coefficient (Wildman–Crippen LogP) is 2.77. The maximum atomic E-state index is 14.5. The number of phenols is 2. The number of nitrogens with zero attached hydrogens (tertiary/aromatic N) is 2. The number of hydrogen-bond donors (Lipinski definition) is 8. The third kappa shape index (κ3) is 13.6. The van der Waals surface area contributed by atoms with Crippen molar-refractivity contribution in [3.63, 3.8) is 0 Å². The average molecular weight is 900 g/mol. The van der Waals surface area contributed by atoms with Crippen LogP contribution in [0.5, 0.6) is 11.5 Å². The van der Waals surface area contributed by atoms with Crippen LogP contribution in [0.1, 0.15) is 106 Å². The van der Waals surface area contributed by atoms with Crippen LogP contribution in [0.15, 0.2) is 60.7 Å². The fraction of sp³-hybridized carbons (Fsp3) is 0.479. The second kappa shape index (κ2) is 24.1. The van der Waals surface area contributed by atoms with Gasteiger partial charge in [0.1, 0.15) is 41.7 Å². The Morgan fingerprint density at radius 1 is 0.831 bits per heavy atom. The van der Waals surface area contributed by atoms with Crippen LogP contribution in [-0.4, -0.2) is 124 Å². The van der Waals surface area contributed by atoms with Crippen molar-refractivity contribution in [1.82, 2.24) is 31.1 Å². The smallest absolute Gasteiger partial charge is 0.254 e. The summed E-state index contributed by atoms with van der Waals surface area (Å²) in [4.78, 5) is 97.7. The van der Waals surface area contributed by atoms with Crippen LogP contribution < -0.4 is 27.0 Å². The highest BCUT2D eigenvalue weighted by Gasteiger charge is 2.37. The lowest BCUT2D eigenvalue weighted by Gasteiger charge is -2.33. The molecule has 3 aromatic rings. The molecule has 0 unspecified atom stereocenters. The number of aryl methyl sites for hydroxylation is 1. The van der Waals surface area contributed by atoms with Gasteiger partial charge in [-0.15, -0.1) is 0 Å². The number of carbonyl (C=O) groups excluding carboxylic acids is 7. The molecule has 6 amide bonds. The summed E-state index contributed by atoms with van der Waals surface area (Å²) in [6, 6.07) is 8.24. The zero-order chi connectivity index (χ0) is 48.0. The standard InChI is InChI=1S/C48H65N7O10/c1-7-8-9-10-13-31-15-18-33(19-16-31)47(64)54(5)39(27-56)45(62)50-28(2)43(60)52-37(14-11-12-23-49)48(65)55(6)42-34-20-22-41(59)36(26-34)35-24-32(17-21-40(35)58)25-38(30(4)57)53-44(61)29(3)51-46(42)63/h15-22,24,26,28-29,37-39,42,56,58-59H,7-14,23,25,27,49H2,1-6H3,(H,50,62)(H,51,63)(H,52,60)(H,53,61)/t28-,29+,37+,38+,39-,42+/m1/s1. The molecule has 0 saturated carbocycles. The van der Waals surface area contributed by atoms with Crippen LogP contribution in [0, 0.1) is 0 Å². The number of hydrogen-bond acceptors (Lipinski definition) is 11. The predicted molar refractivity (Wildman–Crippen MR) is 244 cm³/mol. The Morgan fingerprint density at radius 2 is 1.49 bits per heavy atom. The van der Waals surface area contributed by atoms with E-state index in [4.69, 9.17) is 5.73 Å². The summed E-state index contributed by atoms with van der Waals surface area (Å²) in [6.45, 7) is 5.80. The minimum absolute atomic E-state index is 0.0575. The van der Waals surface area contributed by atoms with Gasteiger partial charge in [-0.3, -0.25) is 33.6 Å². The quantitative estimate of drug-likeness (QED) is 0.0812. The van der Waals surface area contributed by atoms with Crippen molar-refractivity contribution in [1.29, 1.82) is 0 Å². The maximum absolute atomic E-state index is 14.5. The Kier molecular flexibility index (Phi) is 19.0. The van der Waals surface area contributed by atoms with Gasteiger partial charge in [-0.2, -0.15) is 0 Å². The zero-order valence-corrected chi connectivity index (χ0v) is 38.2. The Balaban J connectivity index is 1.58. The molecule has 1 heterocycles. The first-order valence-electron chi connectivity index (χ1n) is 22.2. The van der Waals surface area contributed by atoms with Crippen LogP contribution in [0.4, 0.5) is 0 Å². The maximum Gasteiger partial charge on any atom is 0.254 e. The third-order valence-corrected chi connectivity index (χ3v) is 11.8. The van der Waals surface area contributed by atoms with Gasteiger partial charge < -0.3 is 52.1 Å². The molecule has 4 rings (SSSR count). The Bertz CT molecular complexity index is 2180. The average Bonchev–Trinajstić information content (AvgIpc) is 3.27. The number of benzene rings is 3. The van der Waals surface area contributed by atoms with E-state index >= 15 is 0 Å². The molecule has 352 valence electrons. The number of amides is 6. The van der Waals surface area contributed by atoms with Gasteiger partial charge in [0.25, 0.3) is 5.91 Å². The first-order valence-corrected chi connectivity index (χ1v) is 22.2. The van der Waals surface area contributed by atoms with E-state index in [1.807, 2.05) is 12.1 Å². The highest BCUT2D eigenvalue weighted by Crippen LogP contribution is 2.39. The van der Waals surface area contributed by atoms with Crippen molar-refractivity contribution in [2.24, 2.45) is 5.73 Å². The molecule has 0 saturated heterocycles. The molecule has 0 aromatic heterocycles. The normalized spacial score (nSPS) is 17.6. The van der Waals surface area contributed by atoms with Crippen LogP contribution in [0.3, 0.4) is 0 Å². The van der Waals surface area contributed by atoms with Gasteiger partial charge in [0, 0.05) is 30.8 Å². The minimum atomic E-state index is -1.47. The summed E-state index contributed by atoms with van der Waals surface area (Å²) in [5.41, 5.74) is 8.19. The molecule has 17 nitrogen and oxygen atoms in total. The second-order valence-corrected chi connectivity index (χ2v) is 16.8. The molecule has 1 aliphatic rings. The summed E-state index contributed by atoms with van der Waals surface area (Å²) < 4.78 is 0. The van der Waals surface area contributed by atoms with Gasteiger partial charge in [0.2, 0.25) is 29.5 Å². The summed E-state index contributed by atoms with van der Waals surface area (Å²) in [5, 5.41) is 42.7. The number of carbonyl (C=O) groups is 7. The number of Topliss-reactive ketones (excluding diaryl/α,β-unsaturated/α-hetero) is 1. The molecule has 1 aliphatic heterocycles. The molecule has 0 spiro atoms. The fourth-order valence-corrected chi connectivity index (χ4v) is 7.69. The van der Waals surface area contributed by atoms with Crippen LogP contribution in [0.25, 0.3) is 11.1 Å². The molecule has 3 aromatic carbocycles. The van der Waals surface area contributed by atoms with Gasteiger partial charge in [0.15, 0.2) is 5.78 Å².